The first-order valence-electron chi connectivity index (χ1n) is 8.74. The van der Waals surface area contributed by atoms with Gasteiger partial charge in [0.2, 0.25) is 0 Å². The summed E-state index contributed by atoms with van der Waals surface area (Å²) in [6, 6.07) is 17.5. The van der Waals surface area contributed by atoms with E-state index in [1.807, 2.05) is 12.3 Å². The van der Waals surface area contributed by atoms with Gasteiger partial charge in [0.25, 0.3) is 5.82 Å². The molecule has 0 spiro atoms. The summed E-state index contributed by atoms with van der Waals surface area (Å²) >= 11 is 0. The molecule has 0 unspecified atom stereocenters. The van der Waals surface area contributed by atoms with Gasteiger partial charge < -0.3 is 9.80 Å². The molecule has 0 bridgehead atoms. The molecule has 0 aliphatic carbocycles. The van der Waals surface area contributed by atoms with E-state index in [1.165, 1.54) is 44.8 Å². The Hall–Kier alpha value is -1.91. The normalized spacial score (nSPS) is 22.5. The Morgan fingerprint density at radius 2 is 1.65 bits per heavy atom. The van der Waals surface area contributed by atoms with Crippen LogP contribution in [0, 0.1) is 0 Å². The Kier molecular flexibility index (Phi) is 5.61. The molecule has 1 fully saturated rings. The fourth-order valence-electron chi connectivity index (χ4n) is 3.46. The van der Waals surface area contributed by atoms with Gasteiger partial charge >= 0.3 is 0 Å². The number of aromatic amines is 1. The predicted molar refractivity (Wildman–Crippen MR) is 92.5 cm³/mol. The maximum atomic E-state index is 3.56. The SMILES string of the molecule is C[C@H](C[NH+]1CC[NH+](Cc2ccccc2)CC1)Nc1cccc[nH+]1. The van der Waals surface area contributed by atoms with Crippen LogP contribution in [0.2, 0.25) is 0 Å². The average molecular weight is 313 g/mol. The first-order chi connectivity index (χ1) is 11.3. The number of nitrogens with one attached hydrogen (secondary N) is 4. The van der Waals surface area contributed by atoms with Crippen LogP contribution in [0.25, 0.3) is 0 Å². The molecule has 23 heavy (non-hydrogen) atoms. The highest BCUT2D eigenvalue weighted by molar-refractivity contribution is 5.27. The van der Waals surface area contributed by atoms with Crippen LogP contribution in [0.15, 0.2) is 54.7 Å². The number of anilines is 1. The van der Waals surface area contributed by atoms with Crippen molar-refractivity contribution in [3.63, 3.8) is 0 Å². The minimum absolute atomic E-state index is 0.485. The van der Waals surface area contributed by atoms with Gasteiger partial charge in [-0.25, -0.2) is 4.98 Å². The van der Waals surface area contributed by atoms with Crippen molar-refractivity contribution in [1.29, 1.82) is 0 Å². The van der Waals surface area contributed by atoms with E-state index in [0.717, 1.165) is 5.82 Å². The molecule has 4 heteroatoms. The van der Waals surface area contributed by atoms with E-state index < -0.39 is 0 Å². The van der Waals surface area contributed by atoms with Crippen molar-refractivity contribution in [3.05, 3.63) is 60.3 Å². The number of pyridine rings is 1. The molecule has 0 radical (unpaired) electrons. The molecule has 0 amide bonds. The second-order valence-electron chi connectivity index (χ2n) is 6.69. The summed E-state index contributed by atoms with van der Waals surface area (Å²) in [6.45, 7) is 9.71. The number of H-pyrrole nitrogens is 1. The average Bonchev–Trinajstić information content (AvgIpc) is 2.58. The van der Waals surface area contributed by atoms with Crippen LogP contribution in [0.1, 0.15) is 12.5 Å². The highest BCUT2D eigenvalue weighted by Crippen LogP contribution is 1.97. The van der Waals surface area contributed by atoms with Crippen LogP contribution in [0.3, 0.4) is 0 Å². The quantitative estimate of drug-likeness (QED) is 0.647. The molecule has 2 aromatic rings. The van der Waals surface area contributed by atoms with Crippen molar-refractivity contribution in [3.8, 4) is 0 Å². The predicted octanol–water partition coefficient (Wildman–Crippen LogP) is -0.715. The van der Waals surface area contributed by atoms with Gasteiger partial charge in [-0.1, -0.05) is 36.4 Å². The molecule has 0 saturated carbocycles. The van der Waals surface area contributed by atoms with Crippen molar-refractivity contribution >= 4 is 5.82 Å². The molecule has 1 aromatic carbocycles. The van der Waals surface area contributed by atoms with Gasteiger partial charge in [0, 0.05) is 11.6 Å². The van der Waals surface area contributed by atoms with Gasteiger partial charge in [-0.15, -0.1) is 0 Å². The Balaban J connectivity index is 1.40. The van der Waals surface area contributed by atoms with Gasteiger partial charge in [0.1, 0.15) is 45.3 Å². The summed E-state index contributed by atoms with van der Waals surface area (Å²) in [5, 5.41) is 3.56. The maximum Gasteiger partial charge on any atom is 0.272 e. The number of piperazine rings is 1. The third-order valence-electron chi connectivity index (χ3n) is 4.67. The number of hydrogen-bond donors (Lipinski definition) is 3. The molecular formula is C19H29N4+3. The smallest absolute Gasteiger partial charge is 0.272 e. The Morgan fingerprint density at radius 3 is 2.35 bits per heavy atom. The van der Waals surface area contributed by atoms with E-state index in [2.05, 4.69) is 59.7 Å². The first-order valence-corrected chi connectivity index (χ1v) is 8.74. The van der Waals surface area contributed by atoms with Crippen molar-refractivity contribution in [2.24, 2.45) is 0 Å². The summed E-state index contributed by atoms with van der Waals surface area (Å²) < 4.78 is 0. The second-order valence-corrected chi connectivity index (χ2v) is 6.69. The molecule has 3 rings (SSSR count). The van der Waals surface area contributed by atoms with Crippen molar-refractivity contribution in [2.45, 2.75) is 19.5 Å². The second kappa shape index (κ2) is 8.09. The van der Waals surface area contributed by atoms with E-state index in [0.29, 0.717) is 6.04 Å². The Morgan fingerprint density at radius 1 is 0.957 bits per heavy atom. The highest BCUT2D eigenvalue weighted by atomic mass is 15.3. The van der Waals surface area contributed by atoms with Gasteiger partial charge in [0.15, 0.2) is 0 Å². The first kappa shape index (κ1) is 16.0. The van der Waals surface area contributed by atoms with E-state index in [1.54, 1.807) is 9.80 Å². The zero-order chi connectivity index (χ0) is 15.9. The minimum atomic E-state index is 0.485. The summed E-state index contributed by atoms with van der Waals surface area (Å²) in [4.78, 5) is 6.69. The number of hydrogen-bond acceptors (Lipinski definition) is 1. The largest absolute Gasteiger partial charge is 0.322 e. The molecule has 4 nitrogen and oxygen atoms in total. The molecule has 2 heterocycles. The van der Waals surface area contributed by atoms with E-state index in [9.17, 15) is 0 Å². The van der Waals surface area contributed by atoms with Crippen LogP contribution in [0.5, 0.6) is 0 Å². The van der Waals surface area contributed by atoms with Gasteiger partial charge in [-0.3, -0.25) is 5.32 Å². The molecule has 122 valence electrons. The summed E-state index contributed by atoms with van der Waals surface area (Å²) in [6.07, 6.45) is 1.97. The van der Waals surface area contributed by atoms with Crippen LogP contribution in [0.4, 0.5) is 5.82 Å². The van der Waals surface area contributed by atoms with Crippen LogP contribution < -0.4 is 20.1 Å². The standard InChI is InChI=1S/C19H26N4/c1-17(21-19-9-5-6-10-20-19)15-22-11-13-23(14-12-22)16-18-7-3-2-4-8-18/h2-10,17H,11-16H2,1H3,(H,20,21)/p+3/t17-/m1/s1. The maximum absolute atomic E-state index is 3.56. The van der Waals surface area contributed by atoms with E-state index in [4.69, 9.17) is 0 Å². The van der Waals surface area contributed by atoms with E-state index >= 15 is 0 Å². The fraction of sp³-hybridized carbons (Fsp3) is 0.421. The van der Waals surface area contributed by atoms with Gasteiger partial charge in [-0.2, -0.15) is 0 Å². The molecule has 1 aliphatic heterocycles. The lowest BCUT2D eigenvalue weighted by Gasteiger charge is -2.30. The van der Waals surface area contributed by atoms with Crippen molar-refractivity contribution in [1.82, 2.24) is 0 Å². The molecule has 1 aliphatic rings. The third-order valence-corrected chi connectivity index (χ3v) is 4.67. The molecule has 1 aromatic heterocycles. The zero-order valence-electron chi connectivity index (χ0n) is 14.0. The van der Waals surface area contributed by atoms with Crippen LogP contribution in [-0.2, 0) is 6.54 Å². The highest BCUT2D eigenvalue weighted by Gasteiger charge is 2.25. The Bertz CT molecular complexity index is 564. The summed E-state index contributed by atoms with van der Waals surface area (Å²) in [5.74, 6) is 1.10. The van der Waals surface area contributed by atoms with Crippen molar-refractivity contribution in [2.75, 3.05) is 38.0 Å². The molecule has 4 N–H and O–H groups in total. The summed E-state index contributed by atoms with van der Waals surface area (Å²) in [7, 11) is 0. The number of quaternary nitrogens is 2. The van der Waals surface area contributed by atoms with Gasteiger partial charge in [0.05, 0.1) is 6.20 Å². The lowest BCUT2D eigenvalue weighted by Crippen LogP contribution is -3.28. The monoisotopic (exact) mass is 313 g/mol. The topological polar surface area (TPSA) is 35.0 Å². The molecular weight excluding hydrogens is 284 g/mol. The number of rotatable bonds is 6. The zero-order valence-corrected chi connectivity index (χ0v) is 14.0. The minimum Gasteiger partial charge on any atom is -0.322 e. The lowest BCUT2D eigenvalue weighted by molar-refractivity contribution is -1.02. The summed E-state index contributed by atoms with van der Waals surface area (Å²) in [5.41, 5.74) is 1.46. The van der Waals surface area contributed by atoms with E-state index in [-0.39, 0.29) is 0 Å². The number of benzene rings is 1. The molecule has 1 atom stereocenters. The lowest BCUT2D eigenvalue weighted by atomic mass is 10.2. The van der Waals surface area contributed by atoms with Crippen LogP contribution in [-0.4, -0.2) is 38.8 Å². The van der Waals surface area contributed by atoms with Crippen LogP contribution >= 0.6 is 0 Å². The molecule has 1 saturated heterocycles. The fourth-order valence-corrected chi connectivity index (χ4v) is 3.46. The Labute approximate surface area is 139 Å². The third kappa shape index (κ3) is 5.05. The number of aromatic nitrogens is 1. The van der Waals surface area contributed by atoms with Crippen molar-refractivity contribution < 1.29 is 14.8 Å². The van der Waals surface area contributed by atoms with Gasteiger partial charge in [-0.05, 0) is 13.0 Å².